The molecule has 2 heterocycles. The van der Waals surface area contributed by atoms with E-state index in [2.05, 4.69) is 22.0 Å². The largest absolute Gasteiger partial charge is 0.343 e. The number of para-hydroxylation sites is 1. The molecule has 0 aliphatic carbocycles. The summed E-state index contributed by atoms with van der Waals surface area (Å²) in [6.07, 6.45) is 2.89. The van der Waals surface area contributed by atoms with Gasteiger partial charge in [0.15, 0.2) is 0 Å². The lowest BCUT2D eigenvalue weighted by Crippen LogP contribution is -2.30. The average molecular weight is 319 g/mol. The van der Waals surface area contributed by atoms with Crippen molar-refractivity contribution in [1.29, 1.82) is 0 Å². The van der Waals surface area contributed by atoms with Crippen LogP contribution in [0.3, 0.4) is 0 Å². The molecule has 1 amide bonds. The van der Waals surface area contributed by atoms with Crippen molar-refractivity contribution in [2.24, 2.45) is 0 Å². The van der Waals surface area contributed by atoms with Crippen LogP contribution in [0.4, 0.5) is 5.69 Å². The highest BCUT2D eigenvalue weighted by Gasteiger charge is 2.26. The zero-order valence-electron chi connectivity index (χ0n) is 10.8. The zero-order chi connectivity index (χ0) is 13.4. The second-order valence-electron chi connectivity index (χ2n) is 4.67. The molecule has 0 bridgehead atoms. The first kappa shape index (κ1) is 12.5. The first-order valence-corrected chi connectivity index (χ1v) is 7.25. The molecular formula is C15H15BrN2O. The third kappa shape index (κ3) is 2.10. The van der Waals surface area contributed by atoms with Crippen molar-refractivity contribution in [1.82, 2.24) is 4.57 Å². The SMILES string of the molecule is CCn1cc(Br)cc1C(=O)N1CCc2ccccc21. The van der Waals surface area contributed by atoms with E-state index in [4.69, 9.17) is 0 Å². The van der Waals surface area contributed by atoms with Gasteiger partial charge in [0.2, 0.25) is 0 Å². The minimum absolute atomic E-state index is 0.0810. The molecule has 0 N–H and O–H groups in total. The van der Waals surface area contributed by atoms with Gasteiger partial charge in [0.25, 0.3) is 5.91 Å². The standard InChI is InChI=1S/C15H15BrN2O/c1-2-17-10-12(16)9-14(17)15(19)18-8-7-11-5-3-4-6-13(11)18/h3-6,9-10H,2,7-8H2,1H3. The number of amides is 1. The molecule has 98 valence electrons. The second-order valence-corrected chi connectivity index (χ2v) is 5.58. The lowest BCUT2D eigenvalue weighted by Gasteiger charge is -2.18. The third-order valence-corrected chi connectivity index (χ3v) is 3.99. The number of nitrogens with zero attached hydrogens (tertiary/aromatic N) is 2. The van der Waals surface area contributed by atoms with E-state index >= 15 is 0 Å². The maximum absolute atomic E-state index is 12.7. The highest BCUT2D eigenvalue weighted by molar-refractivity contribution is 9.10. The van der Waals surface area contributed by atoms with Crippen LogP contribution in [0.1, 0.15) is 23.0 Å². The van der Waals surface area contributed by atoms with Crippen molar-refractivity contribution in [3.05, 3.63) is 52.3 Å². The van der Waals surface area contributed by atoms with Gasteiger partial charge in [-0.2, -0.15) is 0 Å². The Morgan fingerprint density at radius 2 is 2.16 bits per heavy atom. The van der Waals surface area contributed by atoms with E-state index in [-0.39, 0.29) is 5.91 Å². The summed E-state index contributed by atoms with van der Waals surface area (Å²) in [6.45, 7) is 3.61. The Balaban J connectivity index is 1.97. The van der Waals surface area contributed by atoms with Crippen molar-refractivity contribution >= 4 is 27.5 Å². The fourth-order valence-corrected chi connectivity index (χ4v) is 3.07. The maximum atomic E-state index is 12.7. The van der Waals surface area contributed by atoms with Gasteiger partial charge in [-0.15, -0.1) is 0 Å². The van der Waals surface area contributed by atoms with E-state index in [9.17, 15) is 4.79 Å². The van der Waals surface area contributed by atoms with E-state index in [1.807, 2.05) is 46.9 Å². The molecule has 0 fully saturated rings. The first-order chi connectivity index (χ1) is 9.20. The number of hydrogen-bond donors (Lipinski definition) is 0. The fourth-order valence-electron chi connectivity index (χ4n) is 2.60. The summed E-state index contributed by atoms with van der Waals surface area (Å²) < 4.78 is 2.93. The lowest BCUT2D eigenvalue weighted by atomic mass is 10.2. The van der Waals surface area contributed by atoms with Crippen LogP contribution >= 0.6 is 15.9 Å². The number of rotatable bonds is 2. The van der Waals surface area contributed by atoms with Gasteiger partial charge < -0.3 is 9.47 Å². The molecule has 4 heteroatoms. The van der Waals surface area contributed by atoms with Gasteiger partial charge in [-0.05, 0) is 47.0 Å². The molecule has 3 rings (SSSR count). The molecule has 0 radical (unpaired) electrons. The maximum Gasteiger partial charge on any atom is 0.274 e. The summed E-state index contributed by atoms with van der Waals surface area (Å²) in [7, 11) is 0. The Hall–Kier alpha value is -1.55. The van der Waals surface area contributed by atoms with Crippen LogP contribution in [0.2, 0.25) is 0 Å². The summed E-state index contributed by atoms with van der Waals surface area (Å²) in [6, 6.07) is 10.0. The van der Waals surface area contributed by atoms with Gasteiger partial charge in [0, 0.05) is 29.4 Å². The van der Waals surface area contributed by atoms with Crippen LogP contribution < -0.4 is 4.90 Å². The molecule has 3 nitrogen and oxygen atoms in total. The molecule has 2 aromatic rings. The van der Waals surface area contributed by atoms with Crippen molar-refractivity contribution in [3.8, 4) is 0 Å². The first-order valence-electron chi connectivity index (χ1n) is 6.46. The summed E-state index contributed by atoms with van der Waals surface area (Å²) in [5.74, 6) is 0.0810. The third-order valence-electron chi connectivity index (χ3n) is 3.56. The Bertz CT molecular complexity index is 633. The number of fused-ring (bicyclic) bond motifs is 1. The quantitative estimate of drug-likeness (QED) is 0.832. The summed E-state index contributed by atoms with van der Waals surface area (Å²) in [5, 5.41) is 0. The average Bonchev–Trinajstić information content (AvgIpc) is 3.01. The van der Waals surface area contributed by atoms with Gasteiger partial charge in [0.1, 0.15) is 5.69 Å². The number of anilines is 1. The molecule has 1 aromatic heterocycles. The topological polar surface area (TPSA) is 25.2 Å². The van der Waals surface area contributed by atoms with E-state index in [1.165, 1.54) is 5.56 Å². The molecule has 1 aliphatic rings. The van der Waals surface area contributed by atoms with Gasteiger partial charge in [-0.1, -0.05) is 18.2 Å². The molecule has 1 aliphatic heterocycles. The second kappa shape index (κ2) is 4.85. The molecule has 0 spiro atoms. The summed E-state index contributed by atoms with van der Waals surface area (Å²) >= 11 is 3.44. The predicted molar refractivity (Wildman–Crippen MR) is 79.6 cm³/mol. The number of benzene rings is 1. The molecular weight excluding hydrogens is 304 g/mol. The van der Waals surface area contributed by atoms with Crippen LogP contribution in [0.15, 0.2) is 41.0 Å². The van der Waals surface area contributed by atoms with E-state index in [0.29, 0.717) is 0 Å². The van der Waals surface area contributed by atoms with Crippen LogP contribution in [-0.4, -0.2) is 17.0 Å². The monoisotopic (exact) mass is 318 g/mol. The summed E-state index contributed by atoms with van der Waals surface area (Å²) in [4.78, 5) is 14.6. The van der Waals surface area contributed by atoms with Crippen LogP contribution in [0.5, 0.6) is 0 Å². The van der Waals surface area contributed by atoms with Gasteiger partial charge in [-0.25, -0.2) is 0 Å². The predicted octanol–water partition coefficient (Wildman–Crippen LogP) is 3.47. The molecule has 0 saturated heterocycles. The van der Waals surface area contributed by atoms with Gasteiger partial charge in [0.05, 0.1) is 0 Å². The lowest BCUT2D eigenvalue weighted by molar-refractivity contribution is 0.0980. The number of carbonyl (C=O) groups is 1. The smallest absolute Gasteiger partial charge is 0.274 e. The highest BCUT2D eigenvalue weighted by atomic mass is 79.9. The van der Waals surface area contributed by atoms with Gasteiger partial charge >= 0.3 is 0 Å². The van der Waals surface area contributed by atoms with Crippen molar-refractivity contribution < 1.29 is 4.79 Å². The molecule has 1 aromatic carbocycles. The van der Waals surface area contributed by atoms with Crippen LogP contribution in [0.25, 0.3) is 0 Å². The Morgan fingerprint density at radius 3 is 2.95 bits per heavy atom. The summed E-state index contributed by atoms with van der Waals surface area (Å²) in [5.41, 5.74) is 3.04. The van der Waals surface area contributed by atoms with E-state index < -0.39 is 0 Å². The van der Waals surface area contributed by atoms with Crippen LogP contribution in [-0.2, 0) is 13.0 Å². The Morgan fingerprint density at radius 1 is 1.37 bits per heavy atom. The number of aromatic nitrogens is 1. The molecule has 0 atom stereocenters. The molecule has 0 unspecified atom stereocenters. The van der Waals surface area contributed by atoms with E-state index in [1.54, 1.807) is 0 Å². The zero-order valence-corrected chi connectivity index (χ0v) is 12.4. The highest BCUT2D eigenvalue weighted by Crippen LogP contribution is 2.29. The number of carbonyl (C=O) groups excluding carboxylic acids is 1. The van der Waals surface area contributed by atoms with Crippen molar-refractivity contribution in [2.45, 2.75) is 19.9 Å². The fraction of sp³-hybridized carbons (Fsp3) is 0.267. The van der Waals surface area contributed by atoms with Gasteiger partial charge in [-0.3, -0.25) is 4.79 Å². The Labute approximate surface area is 121 Å². The number of halogens is 1. The van der Waals surface area contributed by atoms with E-state index in [0.717, 1.165) is 35.4 Å². The minimum atomic E-state index is 0.0810. The normalized spacial score (nSPS) is 13.7. The number of hydrogen-bond acceptors (Lipinski definition) is 1. The number of aryl methyl sites for hydroxylation is 1. The van der Waals surface area contributed by atoms with Crippen molar-refractivity contribution in [2.75, 3.05) is 11.4 Å². The minimum Gasteiger partial charge on any atom is -0.343 e. The Kier molecular flexibility index (Phi) is 3.19. The molecule has 0 saturated carbocycles. The molecule has 19 heavy (non-hydrogen) atoms. The van der Waals surface area contributed by atoms with Crippen molar-refractivity contribution in [3.63, 3.8) is 0 Å². The van der Waals surface area contributed by atoms with Crippen LogP contribution in [0, 0.1) is 0 Å².